The van der Waals surface area contributed by atoms with Crippen LogP contribution in [0.1, 0.15) is 34.0 Å². The van der Waals surface area contributed by atoms with Crippen molar-refractivity contribution in [3.8, 4) is 17.6 Å². The summed E-state index contributed by atoms with van der Waals surface area (Å²) in [4.78, 5) is 26.2. The van der Waals surface area contributed by atoms with Crippen molar-refractivity contribution < 1.29 is 24.2 Å². The number of nitrogens with zero attached hydrogens (tertiary/aromatic N) is 2. The molecule has 9 heteroatoms. The van der Waals surface area contributed by atoms with E-state index in [-0.39, 0.29) is 18.1 Å². The third-order valence-corrected chi connectivity index (χ3v) is 6.53. The van der Waals surface area contributed by atoms with Crippen molar-refractivity contribution >= 4 is 51.9 Å². The number of amides is 1. The van der Waals surface area contributed by atoms with Gasteiger partial charge in [-0.15, -0.1) is 0 Å². The highest BCUT2D eigenvalue weighted by Crippen LogP contribution is 2.37. The molecule has 1 aliphatic rings. The molecule has 1 heterocycles. The van der Waals surface area contributed by atoms with Gasteiger partial charge in [-0.3, -0.25) is 9.69 Å². The van der Waals surface area contributed by atoms with Gasteiger partial charge in [0.05, 0.1) is 34.4 Å². The third kappa shape index (κ3) is 5.40. The number of carbonyl (C=O) groups excluding carboxylic acids is 1. The molecule has 0 bridgehead atoms. The molecule has 1 amide bonds. The minimum atomic E-state index is -1.08. The predicted octanol–water partition coefficient (Wildman–Crippen LogP) is 5.64. The molecule has 0 aromatic heterocycles. The lowest BCUT2D eigenvalue weighted by atomic mass is 10.1. The van der Waals surface area contributed by atoms with E-state index in [4.69, 9.17) is 21.7 Å². The lowest BCUT2D eigenvalue weighted by Gasteiger charge is -2.15. The second-order valence-electron chi connectivity index (χ2n) is 7.57. The van der Waals surface area contributed by atoms with Gasteiger partial charge in [-0.2, -0.15) is 5.26 Å². The van der Waals surface area contributed by atoms with Crippen molar-refractivity contribution in [2.75, 3.05) is 11.5 Å². The number of thiocarbonyl (C=S) groups is 1. The Balaban J connectivity index is 1.57. The molecule has 0 spiro atoms. The van der Waals surface area contributed by atoms with Crippen molar-refractivity contribution in [3.63, 3.8) is 0 Å². The summed E-state index contributed by atoms with van der Waals surface area (Å²) in [5.74, 6) is -0.399. The van der Waals surface area contributed by atoms with E-state index < -0.39 is 5.97 Å². The van der Waals surface area contributed by atoms with E-state index in [1.807, 2.05) is 19.1 Å². The minimum absolute atomic E-state index is 0.0693. The highest BCUT2D eigenvalue weighted by atomic mass is 32.2. The SMILES string of the molecule is CCOc1cc(/C=C2/SC(=S)N(c3cccc(C(=O)O)c3)C2=O)ccc1OCc1ccccc1C#N. The van der Waals surface area contributed by atoms with Gasteiger partial charge in [0.1, 0.15) is 6.61 Å². The van der Waals surface area contributed by atoms with E-state index in [1.165, 1.54) is 17.0 Å². The second-order valence-corrected chi connectivity index (χ2v) is 9.25. The molecule has 1 saturated heterocycles. The van der Waals surface area contributed by atoms with Crippen LogP contribution >= 0.6 is 24.0 Å². The number of aromatic carboxylic acids is 1. The molecular weight excluding hydrogens is 496 g/mol. The highest BCUT2D eigenvalue weighted by Gasteiger charge is 2.33. The molecule has 3 aromatic rings. The fourth-order valence-electron chi connectivity index (χ4n) is 3.53. The first kappa shape index (κ1) is 25.0. The summed E-state index contributed by atoms with van der Waals surface area (Å²) in [5, 5.41) is 18.6. The minimum Gasteiger partial charge on any atom is -0.490 e. The molecule has 36 heavy (non-hydrogen) atoms. The van der Waals surface area contributed by atoms with Gasteiger partial charge in [0.2, 0.25) is 0 Å². The van der Waals surface area contributed by atoms with E-state index in [2.05, 4.69) is 6.07 Å². The molecule has 3 aromatic carbocycles. The molecular formula is C27H20N2O5S2. The Morgan fingerprint density at radius 1 is 1.11 bits per heavy atom. The van der Waals surface area contributed by atoms with Crippen LogP contribution in [0.25, 0.3) is 6.08 Å². The van der Waals surface area contributed by atoms with Crippen LogP contribution < -0.4 is 14.4 Å². The Hall–Kier alpha value is -4.13. The first-order valence-electron chi connectivity index (χ1n) is 10.9. The number of rotatable bonds is 8. The number of anilines is 1. The van der Waals surface area contributed by atoms with E-state index in [9.17, 15) is 20.0 Å². The zero-order valence-corrected chi connectivity index (χ0v) is 20.8. The molecule has 0 saturated carbocycles. The Morgan fingerprint density at radius 3 is 2.67 bits per heavy atom. The molecule has 7 nitrogen and oxygen atoms in total. The number of carboxylic acid groups (broad SMARTS) is 1. The topological polar surface area (TPSA) is 99.9 Å². The maximum Gasteiger partial charge on any atom is 0.335 e. The molecule has 0 radical (unpaired) electrons. The number of hydrogen-bond donors (Lipinski definition) is 1. The van der Waals surface area contributed by atoms with Crippen LogP contribution in [-0.2, 0) is 11.4 Å². The Bertz CT molecular complexity index is 1430. The maximum atomic E-state index is 13.1. The first-order chi connectivity index (χ1) is 17.4. The Kier molecular flexibility index (Phi) is 7.68. The van der Waals surface area contributed by atoms with Gasteiger partial charge in [-0.25, -0.2) is 4.79 Å². The lowest BCUT2D eigenvalue weighted by Crippen LogP contribution is -2.27. The van der Waals surface area contributed by atoms with Crippen LogP contribution in [0.2, 0.25) is 0 Å². The zero-order chi connectivity index (χ0) is 25.7. The third-order valence-electron chi connectivity index (χ3n) is 5.23. The Morgan fingerprint density at radius 2 is 1.92 bits per heavy atom. The van der Waals surface area contributed by atoms with Crippen molar-refractivity contribution in [1.82, 2.24) is 0 Å². The van der Waals surface area contributed by atoms with Gasteiger partial charge >= 0.3 is 5.97 Å². The summed E-state index contributed by atoms with van der Waals surface area (Å²) in [6.45, 7) is 2.48. The number of nitriles is 1. The molecule has 4 rings (SSSR count). The Labute approximate surface area is 217 Å². The number of carbonyl (C=O) groups is 2. The summed E-state index contributed by atoms with van der Waals surface area (Å²) in [5.41, 5.74) is 2.49. The molecule has 1 N–H and O–H groups in total. The van der Waals surface area contributed by atoms with Gasteiger partial charge in [0.15, 0.2) is 15.8 Å². The van der Waals surface area contributed by atoms with E-state index >= 15 is 0 Å². The van der Waals surface area contributed by atoms with Gasteiger partial charge in [0.25, 0.3) is 5.91 Å². The standard InChI is InChI=1S/C27H20N2O5S2/c1-2-33-23-12-17(10-11-22(23)34-16-20-7-4-3-6-19(20)15-28)13-24-25(30)29(27(35)36-24)21-9-5-8-18(14-21)26(31)32/h3-14H,2,16H2,1H3,(H,31,32)/b24-13+. The zero-order valence-electron chi connectivity index (χ0n) is 19.1. The molecule has 0 aliphatic carbocycles. The summed E-state index contributed by atoms with van der Waals surface area (Å²) in [7, 11) is 0. The highest BCUT2D eigenvalue weighted by molar-refractivity contribution is 8.27. The summed E-state index contributed by atoms with van der Waals surface area (Å²) < 4.78 is 12.0. The van der Waals surface area contributed by atoms with E-state index in [0.717, 1.165) is 17.3 Å². The molecule has 1 aliphatic heterocycles. The fourth-order valence-corrected chi connectivity index (χ4v) is 4.83. The molecule has 1 fully saturated rings. The van der Waals surface area contributed by atoms with Crippen molar-refractivity contribution in [2.24, 2.45) is 0 Å². The number of carboxylic acids is 1. The molecule has 0 atom stereocenters. The predicted molar refractivity (Wildman–Crippen MR) is 142 cm³/mol. The number of hydrogen-bond acceptors (Lipinski definition) is 7. The normalized spacial score (nSPS) is 14.1. The van der Waals surface area contributed by atoms with Crippen LogP contribution in [0.15, 0.2) is 71.6 Å². The second kappa shape index (κ2) is 11.1. The summed E-state index contributed by atoms with van der Waals surface area (Å²) in [6, 6.07) is 20.8. The number of benzene rings is 3. The monoisotopic (exact) mass is 516 g/mol. The average molecular weight is 517 g/mol. The van der Waals surface area contributed by atoms with E-state index in [1.54, 1.807) is 48.5 Å². The van der Waals surface area contributed by atoms with Crippen LogP contribution in [0.5, 0.6) is 11.5 Å². The fraction of sp³-hybridized carbons (Fsp3) is 0.111. The van der Waals surface area contributed by atoms with Gasteiger partial charge in [0, 0.05) is 5.56 Å². The van der Waals surface area contributed by atoms with Crippen LogP contribution in [0, 0.1) is 11.3 Å². The summed E-state index contributed by atoms with van der Waals surface area (Å²) in [6.07, 6.45) is 1.71. The van der Waals surface area contributed by atoms with Gasteiger partial charge in [-0.05, 0) is 55.0 Å². The lowest BCUT2D eigenvalue weighted by molar-refractivity contribution is -0.113. The van der Waals surface area contributed by atoms with Crippen molar-refractivity contribution in [1.29, 1.82) is 5.26 Å². The van der Waals surface area contributed by atoms with E-state index in [0.29, 0.717) is 44.1 Å². The largest absolute Gasteiger partial charge is 0.490 e. The van der Waals surface area contributed by atoms with Crippen LogP contribution in [0.3, 0.4) is 0 Å². The quantitative estimate of drug-likeness (QED) is 0.303. The van der Waals surface area contributed by atoms with Crippen molar-refractivity contribution in [2.45, 2.75) is 13.5 Å². The van der Waals surface area contributed by atoms with Crippen LogP contribution in [0.4, 0.5) is 5.69 Å². The van der Waals surface area contributed by atoms with Gasteiger partial charge < -0.3 is 14.6 Å². The molecule has 0 unspecified atom stereocenters. The van der Waals surface area contributed by atoms with Gasteiger partial charge in [-0.1, -0.05) is 54.3 Å². The summed E-state index contributed by atoms with van der Waals surface area (Å²) >= 11 is 6.54. The van der Waals surface area contributed by atoms with Crippen molar-refractivity contribution in [3.05, 3.63) is 93.9 Å². The molecule has 180 valence electrons. The van der Waals surface area contributed by atoms with Crippen LogP contribution in [-0.4, -0.2) is 27.9 Å². The number of thioether (sulfide) groups is 1. The smallest absolute Gasteiger partial charge is 0.335 e. The average Bonchev–Trinajstić information content (AvgIpc) is 3.16. The number of ether oxygens (including phenoxy) is 2. The maximum absolute atomic E-state index is 13.1. The first-order valence-corrected chi connectivity index (χ1v) is 12.1.